The summed E-state index contributed by atoms with van der Waals surface area (Å²) >= 11 is 1.61. The van der Waals surface area contributed by atoms with Gasteiger partial charge in [-0.2, -0.15) is 0 Å². The predicted octanol–water partition coefficient (Wildman–Crippen LogP) is 4.61. The molecular weight excluding hydrogens is 316 g/mol. The molecule has 1 aliphatic carbocycles. The van der Waals surface area contributed by atoms with Crippen molar-refractivity contribution in [1.29, 1.82) is 0 Å². The van der Waals surface area contributed by atoms with Crippen LogP contribution in [-0.2, 0) is 17.6 Å². The van der Waals surface area contributed by atoms with Gasteiger partial charge < -0.3 is 5.32 Å². The van der Waals surface area contributed by atoms with E-state index in [0.29, 0.717) is 12.3 Å². The lowest BCUT2D eigenvalue weighted by atomic mass is 9.89. The Morgan fingerprint density at radius 1 is 1.21 bits per heavy atom. The maximum absolute atomic E-state index is 12.1. The second kappa shape index (κ2) is 8.43. The molecular formula is C20H26N2OS. The number of hydrogen-bond acceptors (Lipinski definition) is 3. The fourth-order valence-electron chi connectivity index (χ4n) is 3.28. The van der Waals surface area contributed by atoms with Crippen molar-refractivity contribution in [2.24, 2.45) is 5.92 Å². The lowest BCUT2D eigenvalue weighted by molar-refractivity contribution is -0.120. The quantitative estimate of drug-likeness (QED) is 0.833. The highest BCUT2D eigenvalue weighted by molar-refractivity contribution is 7.13. The molecule has 1 amide bonds. The maximum atomic E-state index is 12.1. The van der Waals surface area contributed by atoms with E-state index >= 15 is 0 Å². The van der Waals surface area contributed by atoms with Crippen molar-refractivity contribution in [3.05, 3.63) is 40.9 Å². The van der Waals surface area contributed by atoms with E-state index in [1.165, 1.54) is 37.7 Å². The summed E-state index contributed by atoms with van der Waals surface area (Å²) in [5.74, 6) is 0.768. The van der Waals surface area contributed by atoms with Crippen LogP contribution in [0.5, 0.6) is 0 Å². The van der Waals surface area contributed by atoms with Crippen LogP contribution in [0.3, 0.4) is 0 Å². The molecule has 0 spiro atoms. The first-order valence-corrected chi connectivity index (χ1v) is 9.93. The smallest absolute Gasteiger partial charge is 0.226 e. The number of benzene rings is 1. The Morgan fingerprint density at radius 3 is 2.67 bits per heavy atom. The maximum Gasteiger partial charge on any atom is 0.226 e. The van der Waals surface area contributed by atoms with Crippen molar-refractivity contribution >= 4 is 17.2 Å². The summed E-state index contributed by atoms with van der Waals surface area (Å²) in [6.07, 6.45) is 7.93. The Bertz CT molecular complexity index is 657. The number of carbonyl (C=O) groups excluding carboxylic acids is 1. The van der Waals surface area contributed by atoms with Gasteiger partial charge in [-0.25, -0.2) is 4.98 Å². The van der Waals surface area contributed by atoms with Gasteiger partial charge in [-0.3, -0.25) is 4.79 Å². The molecule has 1 saturated carbocycles. The van der Waals surface area contributed by atoms with Crippen LogP contribution in [0.1, 0.15) is 50.3 Å². The first-order valence-electron chi connectivity index (χ1n) is 9.05. The molecule has 1 aromatic heterocycles. The van der Waals surface area contributed by atoms with Gasteiger partial charge in [0.15, 0.2) is 0 Å². The number of thiazole rings is 1. The summed E-state index contributed by atoms with van der Waals surface area (Å²) in [4.78, 5) is 16.8. The molecule has 0 bridgehead atoms. The Hall–Kier alpha value is -1.68. The van der Waals surface area contributed by atoms with Crippen LogP contribution < -0.4 is 5.32 Å². The van der Waals surface area contributed by atoms with E-state index in [1.54, 1.807) is 11.3 Å². The minimum atomic E-state index is 0.0961. The number of aromatic nitrogens is 1. The van der Waals surface area contributed by atoms with Crippen LogP contribution in [0.4, 0.5) is 0 Å². The second-order valence-corrected chi connectivity index (χ2v) is 7.54. The van der Waals surface area contributed by atoms with Crippen molar-refractivity contribution in [1.82, 2.24) is 10.3 Å². The molecule has 1 heterocycles. The van der Waals surface area contributed by atoms with Gasteiger partial charge >= 0.3 is 0 Å². The van der Waals surface area contributed by atoms with Crippen molar-refractivity contribution in [2.45, 2.75) is 51.9 Å². The van der Waals surface area contributed by atoms with E-state index in [2.05, 4.69) is 41.5 Å². The largest absolute Gasteiger partial charge is 0.355 e. The van der Waals surface area contributed by atoms with E-state index in [9.17, 15) is 4.79 Å². The van der Waals surface area contributed by atoms with E-state index in [0.717, 1.165) is 29.2 Å². The highest BCUT2D eigenvalue weighted by atomic mass is 32.1. The van der Waals surface area contributed by atoms with Crippen LogP contribution in [0.2, 0.25) is 0 Å². The molecule has 3 nitrogen and oxygen atoms in total. The standard InChI is InChI=1S/C20H26N2OS/c1-2-15-8-10-17(11-9-15)20-22-18(14-24-20)12-19(23)21-13-16-6-4-3-5-7-16/h8-11,14,16H,2-7,12-13H2,1H3,(H,21,23). The third-order valence-electron chi connectivity index (χ3n) is 4.82. The molecule has 2 aromatic rings. The van der Waals surface area contributed by atoms with Gasteiger partial charge in [-0.1, -0.05) is 50.5 Å². The number of amides is 1. The number of carbonyl (C=O) groups is 1. The lowest BCUT2D eigenvalue weighted by Crippen LogP contribution is -2.31. The third-order valence-corrected chi connectivity index (χ3v) is 5.76. The molecule has 1 N–H and O–H groups in total. The Morgan fingerprint density at radius 2 is 1.96 bits per heavy atom. The molecule has 24 heavy (non-hydrogen) atoms. The minimum absolute atomic E-state index is 0.0961. The van der Waals surface area contributed by atoms with E-state index in [4.69, 9.17) is 0 Å². The van der Waals surface area contributed by atoms with Crippen molar-refractivity contribution in [3.8, 4) is 10.6 Å². The van der Waals surface area contributed by atoms with E-state index in [1.807, 2.05) is 5.38 Å². The summed E-state index contributed by atoms with van der Waals surface area (Å²) in [6, 6.07) is 8.52. The van der Waals surface area contributed by atoms with Gasteiger partial charge in [-0.15, -0.1) is 11.3 Å². The van der Waals surface area contributed by atoms with Crippen LogP contribution in [0.15, 0.2) is 29.6 Å². The van der Waals surface area contributed by atoms with Crippen molar-refractivity contribution in [3.63, 3.8) is 0 Å². The average Bonchev–Trinajstić information content (AvgIpc) is 3.09. The zero-order valence-corrected chi connectivity index (χ0v) is 15.2. The van der Waals surface area contributed by atoms with Crippen LogP contribution in [0.25, 0.3) is 10.6 Å². The molecule has 0 radical (unpaired) electrons. The monoisotopic (exact) mass is 342 g/mol. The van der Waals surface area contributed by atoms with Crippen molar-refractivity contribution < 1.29 is 4.79 Å². The first kappa shape index (κ1) is 17.2. The lowest BCUT2D eigenvalue weighted by Gasteiger charge is -2.21. The number of hydrogen-bond donors (Lipinski definition) is 1. The Kier molecular flexibility index (Phi) is 6.02. The van der Waals surface area contributed by atoms with Gasteiger partial charge in [0, 0.05) is 17.5 Å². The number of nitrogens with one attached hydrogen (secondary N) is 1. The first-order chi connectivity index (χ1) is 11.7. The van der Waals surface area contributed by atoms with Gasteiger partial charge in [0.05, 0.1) is 12.1 Å². The molecule has 0 aliphatic heterocycles. The van der Waals surface area contributed by atoms with Gasteiger partial charge in [0.1, 0.15) is 5.01 Å². The summed E-state index contributed by atoms with van der Waals surface area (Å²) in [5, 5.41) is 6.09. The van der Waals surface area contributed by atoms with Crippen LogP contribution in [-0.4, -0.2) is 17.4 Å². The Balaban J connectivity index is 1.52. The van der Waals surface area contributed by atoms with Gasteiger partial charge in [0.2, 0.25) is 5.91 Å². The number of nitrogens with zero attached hydrogens (tertiary/aromatic N) is 1. The van der Waals surface area contributed by atoms with E-state index < -0.39 is 0 Å². The van der Waals surface area contributed by atoms with E-state index in [-0.39, 0.29) is 5.91 Å². The summed E-state index contributed by atoms with van der Waals surface area (Å²) in [5.41, 5.74) is 3.33. The fourth-order valence-corrected chi connectivity index (χ4v) is 4.11. The molecule has 0 saturated heterocycles. The fraction of sp³-hybridized carbons (Fsp3) is 0.500. The zero-order chi connectivity index (χ0) is 16.8. The van der Waals surface area contributed by atoms with Gasteiger partial charge in [0.25, 0.3) is 0 Å². The van der Waals surface area contributed by atoms with Crippen molar-refractivity contribution in [2.75, 3.05) is 6.54 Å². The summed E-state index contributed by atoms with van der Waals surface area (Å²) in [7, 11) is 0. The topological polar surface area (TPSA) is 42.0 Å². The van der Waals surface area contributed by atoms with Gasteiger partial charge in [-0.05, 0) is 30.7 Å². The number of aryl methyl sites for hydroxylation is 1. The second-order valence-electron chi connectivity index (χ2n) is 6.68. The molecule has 1 aromatic carbocycles. The van der Waals surface area contributed by atoms with Crippen LogP contribution >= 0.6 is 11.3 Å². The highest BCUT2D eigenvalue weighted by Gasteiger charge is 2.15. The molecule has 1 fully saturated rings. The zero-order valence-electron chi connectivity index (χ0n) is 14.4. The molecule has 1 aliphatic rings. The third kappa shape index (κ3) is 4.67. The normalized spacial score (nSPS) is 15.4. The molecule has 0 atom stereocenters. The number of rotatable bonds is 6. The van der Waals surface area contributed by atoms with Crippen LogP contribution in [0, 0.1) is 5.92 Å². The summed E-state index contributed by atoms with van der Waals surface area (Å²) in [6.45, 7) is 2.98. The minimum Gasteiger partial charge on any atom is -0.355 e. The highest BCUT2D eigenvalue weighted by Crippen LogP contribution is 2.25. The molecule has 3 rings (SSSR count). The summed E-state index contributed by atoms with van der Waals surface area (Å²) < 4.78 is 0. The average molecular weight is 343 g/mol. The molecule has 4 heteroatoms. The molecule has 128 valence electrons. The predicted molar refractivity (Wildman–Crippen MR) is 100 cm³/mol. The Labute approximate surface area is 148 Å². The molecule has 0 unspecified atom stereocenters. The SMILES string of the molecule is CCc1ccc(-c2nc(CC(=O)NCC3CCCCC3)cs2)cc1.